The summed E-state index contributed by atoms with van der Waals surface area (Å²) >= 11 is 0. The zero-order chi connectivity index (χ0) is 15.3. The molecule has 1 unspecified atom stereocenters. The van der Waals surface area contributed by atoms with Crippen molar-refractivity contribution in [3.63, 3.8) is 0 Å². The first-order valence-electron chi connectivity index (χ1n) is 7.38. The van der Waals surface area contributed by atoms with Crippen LogP contribution in [0.2, 0.25) is 0 Å². The zero-order valence-electron chi connectivity index (χ0n) is 13.4. The number of hydrogen-bond acceptors (Lipinski definition) is 2. The van der Waals surface area contributed by atoms with Gasteiger partial charge in [-0.05, 0) is 30.4 Å². The quantitative estimate of drug-likeness (QED) is 0.867. The van der Waals surface area contributed by atoms with Crippen LogP contribution in [0.5, 0.6) is 0 Å². The number of amides is 1. The van der Waals surface area contributed by atoms with E-state index in [1.165, 1.54) is 5.56 Å². The van der Waals surface area contributed by atoms with Gasteiger partial charge in [0.1, 0.15) is 0 Å². The summed E-state index contributed by atoms with van der Waals surface area (Å²) in [7, 11) is 1.85. The molecule has 1 atom stereocenters. The van der Waals surface area contributed by atoms with Gasteiger partial charge in [-0.15, -0.1) is 0 Å². The van der Waals surface area contributed by atoms with Gasteiger partial charge in [-0.3, -0.25) is 4.79 Å². The van der Waals surface area contributed by atoms with E-state index in [9.17, 15) is 4.79 Å². The number of carbonyl (C=O) groups is 1. The molecule has 3 nitrogen and oxygen atoms in total. The number of hydrogen-bond donors (Lipinski definition) is 1. The van der Waals surface area contributed by atoms with Gasteiger partial charge in [0.15, 0.2) is 0 Å². The van der Waals surface area contributed by atoms with Crippen molar-refractivity contribution < 1.29 is 4.79 Å². The van der Waals surface area contributed by atoms with E-state index in [2.05, 4.69) is 38.1 Å². The molecule has 2 N–H and O–H groups in total. The van der Waals surface area contributed by atoms with Crippen molar-refractivity contribution in [2.45, 2.75) is 46.6 Å². The third-order valence-corrected chi connectivity index (χ3v) is 4.16. The van der Waals surface area contributed by atoms with E-state index in [4.69, 9.17) is 5.73 Å². The second-order valence-electron chi connectivity index (χ2n) is 6.18. The molecule has 0 aliphatic rings. The average molecular weight is 276 g/mol. The number of rotatable bonds is 6. The molecule has 1 aromatic rings. The Balaban J connectivity index is 2.75. The van der Waals surface area contributed by atoms with E-state index in [-0.39, 0.29) is 5.91 Å². The summed E-state index contributed by atoms with van der Waals surface area (Å²) < 4.78 is 0. The molecule has 0 saturated heterocycles. The standard InChI is InChI=1S/C17H28N2O/c1-6-17(4,12-18)16(20)19(5)11-14-7-9-15(10-8-14)13(2)3/h7-10,13H,6,11-12,18H2,1-5H3. The molecule has 112 valence electrons. The van der Waals surface area contributed by atoms with Gasteiger partial charge in [-0.1, -0.05) is 45.0 Å². The Labute approximate surface area is 123 Å². The number of benzene rings is 1. The summed E-state index contributed by atoms with van der Waals surface area (Å²) in [6, 6.07) is 8.48. The molecular weight excluding hydrogens is 248 g/mol. The Morgan fingerprint density at radius 3 is 2.25 bits per heavy atom. The minimum absolute atomic E-state index is 0.121. The molecule has 1 rings (SSSR count). The maximum absolute atomic E-state index is 12.5. The molecule has 0 spiro atoms. The Kier molecular flexibility index (Phi) is 5.75. The van der Waals surface area contributed by atoms with Crippen LogP contribution in [0.3, 0.4) is 0 Å². The van der Waals surface area contributed by atoms with Crippen LogP contribution in [0, 0.1) is 5.41 Å². The van der Waals surface area contributed by atoms with Crippen molar-refractivity contribution in [1.29, 1.82) is 0 Å². The smallest absolute Gasteiger partial charge is 0.229 e. The fraction of sp³-hybridized carbons (Fsp3) is 0.588. The molecule has 0 saturated carbocycles. The lowest BCUT2D eigenvalue weighted by Crippen LogP contribution is -2.44. The molecule has 1 amide bonds. The Bertz CT molecular complexity index is 433. The molecule has 0 heterocycles. The molecule has 0 bridgehead atoms. The van der Waals surface area contributed by atoms with Crippen molar-refractivity contribution in [3.05, 3.63) is 35.4 Å². The van der Waals surface area contributed by atoms with Gasteiger partial charge < -0.3 is 10.6 Å². The van der Waals surface area contributed by atoms with E-state index in [0.29, 0.717) is 19.0 Å². The van der Waals surface area contributed by atoms with Crippen molar-refractivity contribution in [3.8, 4) is 0 Å². The summed E-state index contributed by atoms with van der Waals surface area (Å²) in [4.78, 5) is 14.2. The molecule has 3 heteroatoms. The van der Waals surface area contributed by atoms with Crippen LogP contribution >= 0.6 is 0 Å². The second kappa shape index (κ2) is 6.89. The SMILES string of the molecule is CCC(C)(CN)C(=O)N(C)Cc1ccc(C(C)C)cc1. The molecule has 0 aromatic heterocycles. The van der Waals surface area contributed by atoms with Gasteiger partial charge in [-0.25, -0.2) is 0 Å². The summed E-state index contributed by atoms with van der Waals surface area (Å²) in [6.07, 6.45) is 0.763. The highest BCUT2D eigenvalue weighted by molar-refractivity contribution is 5.82. The zero-order valence-corrected chi connectivity index (χ0v) is 13.4. The minimum Gasteiger partial charge on any atom is -0.341 e. The Morgan fingerprint density at radius 1 is 1.30 bits per heavy atom. The lowest BCUT2D eigenvalue weighted by atomic mass is 9.86. The van der Waals surface area contributed by atoms with Crippen LogP contribution in [0.4, 0.5) is 0 Å². The highest BCUT2D eigenvalue weighted by Crippen LogP contribution is 2.23. The molecule has 20 heavy (non-hydrogen) atoms. The van der Waals surface area contributed by atoms with E-state index in [1.54, 1.807) is 4.90 Å². The van der Waals surface area contributed by atoms with E-state index < -0.39 is 5.41 Å². The first-order chi connectivity index (χ1) is 9.34. The summed E-state index contributed by atoms with van der Waals surface area (Å²) in [5, 5.41) is 0. The van der Waals surface area contributed by atoms with Gasteiger partial charge in [0.2, 0.25) is 5.91 Å². The first kappa shape index (κ1) is 16.7. The maximum Gasteiger partial charge on any atom is 0.229 e. The Morgan fingerprint density at radius 2 is 1.85 bits per heavy atom. The molecule has 0 aliphatic carbocycles. The number of nitrogens with zero attached hydrogens (tertiary/aromatic N) is 1. The predicted octanol–water partition coefficient (Wildman–Crippen LogP) is 3.14. The lowest BCUT2D eigenvalue weighted by Gasteiger charge is -2.30. The Hall–Kier alpha value is -1.35. The van der Waals surface area contributed by atoms with Gasteiger partial charge >= 0.3 is 0 Å². The minimum atomic E-state index is -0.452. The van der Waals surface area contributed by atoms with Crippen LogP contribution in [0.1, 0.15) is 51.2 Å². The maximum atomic E-state index is 12.5. The van der Waals surface area contributed by atoms with Gasteiger partial charge in [0.05, 0.1) is 5.41 Å². The largest absolute Gasteiger partial charge is 0.341 e. The van der Waals surface area contributed by atoms with Gasteiger partial charge in [-0.2, -0.15) is 0 Å². The van der Waals surface area contributed by atoms with Crippen molar-refractivity contribution in [2.75, 3.05) is 13.6 Å². The topological polar surface area (TPSA) is 46.3 Å². The van der Waals surface area contributed by atoms with Crippen LogP contribution < -0.4 is 5.73 Å². The van der Waals surface area contributed by atoms with E-state index >= 15 is 0 Å². The molecule has 0 aliphatic heterocycles. The number of carbonyl (C=O) groups excluding carboxylic acids is 1. The summed E-state index contributed by atoms with van der Waals surface area (Å²) in [5.74, 6) is 0.652. The van der Waals surface area contributed by atoms with E-state index in [0.717, 1.165) is 12.0 Å². The third-order valence-electron chi connectivity index (χ3n) is 4.16. The fourth-order valence-electron chi connectivity index (χ4n) is 2.20. The summed E-state index contributed by atoms with van der Waals surface area (Å²) in [5.41, 5.74) is 7.78. The average Bonchev–Trinajstić information content (AvgIpc) is 2.46. The van der Waals surface area contributed by atoms with Crippen molar-refractivity contribution in [2.24, 2.45) is 11.1 Å². The highest BCUT2D eigenvalue weighted by atomic mass is 16.2. The third kappa shape index (κ3) is 3.83. The first-order valence-corrected chi connectivity index (χ1v) is 7.38. The molecular formula is C17H28N2O. The highest BCUT2D eigenvalue weighted by Gasteiger charge is 2.32. The van der Waals surface area contributed by atoms with Crippen LogP contribution in [-0.4, -0.2) is 24.4 Å². The summed E-state index contributed by atoms with van der Waals surface area (Å²) in [6.45, 7) is 9.33. The second-order valence-corrected chi connectivity index (χ2v) is 6.18. The molecule has 1 aromatic carbocycles. The van der Waals surface area contributed by atoms with Crippen LogP contribution in [0.25, 0.3) is 0 Å². The monoisotopic (exact) mass is 276 g/mol. The lowest BCUT2D eigenvalue weighted by molar-refractivity contribution is -0.140. The number of nitrogens with two attached hydrogens (primary N) is 1. The predicted molar refractivity (Wildman–Crippen MR) is 84.5 cm³/mol. The van der Waals surface area contributed by atoms with Crippen LogP contribution in [0.15, 0.2) is 24.3 Å². The van der Waals surface area contributed by atoms with Gasteiger partial charge in [0.25, 0.3) is 0 Å². The molecule has 0 radical (unpaired) electrons. The van der Waals surface area contributed by atoms with Crippen LogP contribution in [-0.2, 0) is 11.3 Å². The van der Waals surface area contributed by atoms with Crippen molar-refractivity contribution >= 4 is 5.91 Å². The molecule has 0 fully saturated rings. The van der Waals surface area contributed by atoms with E-state index in [1.807, 2.05) is 20.9 Å². The van der Waals surface area contributed by atoms with Crippen molar-refractivity contribution in [1.82, 2.24) is 4.90 Å². The van der Waals surface area contributed by atoms with Gasteiger partial charge in [0, 0.05) is 20.1 Å². The normalized spacial score (nSPS) is 14.2. The fourth-order valence-corrected chi connectivity index (χ4v) is 2.20.